The Morgan fingerprint density at radius 3 is 1.89 bits per heavy atom. The third-order valence-electron chi connectivity index (χ3n) is 3.56. The van der Waals surface area contributed by atoms with Crippen molar-refractivity contribution in [3.63, 3.8) is 0 Å². The van der Waals surface area contributed by atoms with Crippen molar-refractivity contribution in [3.05, 3.63) is 53.1 Å². The number of hydrogen-bond acceptors (Lipinski definition) is 3. The van der Waals surface area contributed by atoms with Crippen LogP contribution in [0, 0.1) is 0 Å². The number of alkyl halides is 6. The van der Waals surface area contributed by atoms with Gasteiger partial charge in [-0.2, -0.15) is 26.3 Å². The molecule has 27 heavy (non-hydrogen) atoms. The van der Waals surface area contributed by atoms with E-state index < -0.39 is 43.1 Å². The first-order valence-electron chi connectivity index (χ1n) is 7.29. The Morgan fingerprint density at radius 2 is 1.44 bits per heavy atom. The number of methoxy groups -OCH3 is 2. The van der Waals surface area contributed by atoms with Gasteiger partial charge in [-0.3, -0.25) is 4.79 Å². The number of hydrogen-bond donors (Lipinski definition) is 0. The van der Waals surface area contributed by atoms with Crippen molar-refractivity contribution in [2.24, 2.45) is 0 Å². The van der Waals surface area contributed by atoms with Crippen LogP contribution >= 0.6 is 8.58 Å². The van der Waals surface area contributed by atoms with E-state index in [0.29, 0.717) is 23.9 Å². The van der Waals surface area contributed by atoms with E-state index in [-0.39, 0.29) is 11.1 Å². The highest BCUT2D eigenvalue weighted by molar-refractivity contribution is 7.66. The summed E-state index contributed by atoms with van der Waals surface area (Å²) in [6.07, 6.45) is -10.2. The molecule has 0 heterocycles. The standard InChI is InChI=1S/C17H13F6O3P/c1-25-9-6-7-13(12(8-9)26-2)27-15(24)14-10(16(18,19)20)4-3-5-11(14)17(21,22)23/h3-8,27H,1-2H3. The van der Waals surface area contributed by atoms with Crippen LogP contribution in [-0.4, -0.2) is 19.7 Å². The molecule has 2 aromatic rings. The van der Waals surface area contributed by atoms with Gasteiger partial charge in [0, 0.05) is 16.9 Å². The van der Waals surface area contributed by atoms with Gasteiger partial charge in [0.2, 0.25) is 0 Å². The minimum atomic E-state index is -5.11. The maximum Gasteiger partial charge on any atom is 0.417 e. The van der Waals surface area contributed by atoms with Gasteiger partial charge in [0.05, 0.1) is 25.3 Å². The predicted octanol–water partition coefficient (Wildman–Crippen LogP) is 4.89. The highest BCUT2D eigenvalue weighted by Gasteiger charge is 2.42. The summed E-state index contributed by atoms with van der Waals surface area (Å²) in [7, 11) is 1.62. The lowest BCUT2D eigenvalue weighted by Gasteiger charge is -2.18. The van der Waals surface area contributed by atoms with Crippen molar-refractivity contribution in [2.75, 3.05) is 14.2 Å². The van der Waals surface area contributed by atoms with E-state index >= 15 is 0 Å². The second kappa shape index (κ2) is 7.76. The zero-order valence-electron chi connectivity index (χ0n) is 14.0. The highest BCUT2D eigenvalue weighted by atomic mass is 31.1. The first-order chi connectivity index (χ1) is 12.5. The Morgan fingerprint density at radius 1 is 0.889 bits per heavy atom. The lowest BCUT2D eigenvalue weighted by atomic mass is 10.0. The summed E-state index contributed by atoms with van der Waals surface area (Å²) < 4.78 is 89.2. The fraction of sp³-hybridized carbons (Fsp3) is 0.235. The second-order valence-corrected chi connectivity index (χ2v) is 6.49. The SMILES string of the molecule is COc1ccc(PC(=O)c2c(C(F)(F)F)cccc2C(F)(F)F)c(OC)c1. The van der Waals surface area contributed by atoms with Crippen molar-refractivity contribution in [1.29, 1.82) is 0 Å². The molecule has 0 saturated heterocycles. The summed E-state index contributed by atoms with van der Waals surface area (Å²) in [6, 6.07) is 5.71. The number of rotatable bonds is 5. The van der Waals surface area contributed by atoms with Gasteiger partial charge < -0.3 is 9.47 Å². The maximum atomic E-state index is 13.2. The van der Waals surface area contributed by atoms with Crippen LogP contribution in [0.1, 0.15) is 21.5 Å². The minimum absolute atomic E-state index is 0.124. The molecule has 0 aliphatic heterocycles. The third-order valence-corrected chi connectivity index (χ3v) is 4.72. The van der Waals surface area contributed by atoms with Gasteiger partial charge in [-0.25, -0.2) is 0 Å². The number of ether oxygens (including phenoxy) is 2. The van der Waals surface area contributed by atoms with E-state index in [0.717, 1.165) is 0 Å². The molecule has 1 unspecified atom stereocenters. The summed E-state index contributed by atoms with van der Waals surface area (Å²) in [4.78, 5) is 12.5. The Bertz CT molecular complexity index is 813. The Balaban J connectivity index is 2.56. The van der Waals surface area contributed by atoms with Crippen LogP contribution in [0.3, 0.4) is 0 Å². The van der Waals surface area contributed by atoms with E-state index in [1.165, 1.54) is 32.4 Å². The van der Waals surface area contributed by atoms with E-state index in [4.69, 9.17) is 9.47 Å². The topological polar surface area (TPSA) is 35.5 Å². The Hall–Kier alpha value is -2.28. The van der Waals surface area contributed by atoms with Gasteiger partial charge >= 0.3 is 12.4 Å². The molecule has 0 aliphatic rings. The third kappa shape index (κ3) is 4.71. The van der Waals surface area contributed by atoms with E-state index in [2.05, 4.69) is 0 Å². The molecule has 0 aromatic heterocycles. The van der Waals surface area contributed by atoms with E-state index in [1.54, 1.807) is 0 Å². The largest absolute Gasteiger partial charge is 0.497 e. The molecular weight excluding hydrogens is 397 g/mol. The quantitative estimate of drug-likeness (QED) is 0.521. The molecule has 0 aliphatic carbocycles. The molecule has 0 saturated carbocycles. The van der Waals surface area contributed by atoms with Gasteiger partial charge in [-0.15, -0.1) is 0 Å². The molecule has 0 amide bonds. The lowest BCUT2D eigenvalue weighted by molar-refractivity contribution is -0.143. The Labute approximate surface area is 152 Å². The van der Waals surface area contributed by atoms with Crippen LogP contribution in [0.5, 0.6) is 11.5 Å². The number of carbonyl (C=O) groups is 1. The van der Waals surface area contributed by atoms with Crippen LogP contribution in [0.15, 0.2) is 36.4 Å². The molecular formula is C17H13F6O3P. The first-order valence-corrected chi connectivity index (χ1v) is 8.29. The summed E-state index contributed by atoms with van der Waals surface area (Å²) in [5, 5.41) is 0.161. The van der Waals surface area contributed by atoms with E-state index in [1.807, 2.05) is 0 Å². The van der Waals surface area contributed by atoms with Crippen LogP contribution < -0.4 is 14.8 Å². The van der Waals surface area contributed by atoms with Crippen LogP contribution in [0.25, 0.3) is 0 Å². The van der Waals surface area contributed by atoms with E-state index in [9.17, 15) is 31.1 Å². The molecule has 2 rings (SSSR count). The van der Waals surface area contributed by atoms with Crippen LogP contribution in [0.4, 0.5) is 26.3 Å². The van der Waals surface area contributed by atoms with Gasteiger partial charge in [0.25, 0.3) is 0 Å². The molecule has 0 spiro atoms. The first kappa shape index (κ1) is 21.0. The zero-order valence-corrected chi connectivity index (χ0v) is 15.0. The highest BCUT2D eigenvalue weighted by Crippen LogP contribution is 2.42. The molecule has 2 aromatic carbocycles. The smallest absolute Gasteiger partial charge is 0.417 e. The average Bonchev–Trinajstić information content (AvgIpc) is 2.59. The second-order valence-electron chi connectivity index (χ2n) is 5.24. The lowest BCUT2D eigenvalue weighted by Crippen LogP contribution is -2.19. The molecule has 10 heteroatoms. The number of carbonyl (C=O) groups excluding carboxylic acids is 1. The summed E-state index contributed by atoms with van der Waals surface area (Å²) in [5.74, 6) is 0.485. The Kier molecular flexibility index (Phi) is 6.04. The van der Waals surface area contributed by atoms with Crippen molar-refractivity contribution in [1.82, 2.24) is 0 Å². The number of benzene rings is 2. The average molecular weight is 410 g/mol. The normalized spacial score (nSPS) is 12.4. The fourth-order valence-electron chi connectivity index (χ4n) is 2.36. The molecule has 0 fully saturated rings. The van der Waals surface area contributed by atoms with Crippen molar-refractivity contribution in [2.45, 2.75) is 12.4 Å². The van der Waals surface area contributed by atoms with Crippen LogP contribution in [0.2, 0.25) is 0 Å². The number of halogens is 6. The van der Waals surface area contributed by atoms with Gasteiger partial charge in [0.15, 0.2) is 5.52 Å². The molecule has 3 nitrogen and oxygen atoms in total. The maximum absolute atomic E-state index is 13.2. The molecule has 0 bridgehead atoms. The predicted molar refractivity (Wildman–Crippen MR) is 88.3 cm³/mol. The fourth-order valence-corrected chi connectivity index (χ4v) is 3.46. The van der Waals surface area contributed by atoms with Gasteiger partial charge in [0.1, 0.15) is 11.5 Å². The van der Waals surface area contributed by atoms with Gasteiger partial charge in [-0.05, 0) is 32.8 Å². The van der Waals surface area contributed by atoms with Gasteiger partial charge in [-0.1, -0.05) is 6.07 Å². The zero-order chi connectivity index (χ0) is 20.4. The monoisotopic (exact) mass is 410 g/mol. The summed E-state index contributed by atoms with van der Waals surface area (Å²) in [6.45, 7) is 0. The van der Waals surface area contributed by atoms with Crippen molar-refractivity contribution < 1.29 is 40.6 Å². The molecule has 146 valence electrons. The van der Waals surface area contributed by atoms with Crippen molar-refractivity contribution >= 4 is 19.4 Å². The van der Waals surface area contributed by atoms with Crippen molar-refractivity contribution in [3.8, 4) is 11.5 Å². The summed E-state index contributed by atoms with van der Waals surface area (Å²) in [5.41, 5.74) is -5.93. The molecule has 0 radical (unpaired) electrons. The van der Waals surface area contributed by atoms with Crippen LogP contribution in [-0.2, 0) is 12.4 Å². The molecule has 1 atom stereocenters. The minimum Gasteiger partial charge on any atom is -0.497 e. The summed E-state index contributed by atoms with van der Waals surface area (Å²) >= 11 is 0. The molecule has 0 N–H and O–H groups in total.